The standard InChI is InChI=1S/C26H32ClN3O3S/c27-20-11-12-22-19(14-20)10-13-24-23(22)15-25(29-24)30-26(31)18-8-6-17(7-9-18)16-28-34(32,33)21-4-2-1-3-5-21/h1-5,11-12,14,17-18,23-25,28-29H,6-10,13,15-16H2,(H,30,31). The first-order valence-corrected chi connectivity index (χ1v) is 14.1. The Morgan fingerprint density at radius 1 is 1.03 bits per heavy atom. The molecule has 6 nitrogen and oxygen atoms in total. The summed E-state index contributed by atoms with van der Waals surface area (Å²) in [6.45, 7) is 0.419. The second-order valence-electron chi connectivity index (χ2n) is 9.94. The molecule has 1 amide bonds. The van der Waals surface area contributed by atoms with Gasteiger partial charge in [0.15, 0.2) is 0 Å². The maximum Gasteiger partial charge on any atom is 0.240 e. The summed E-state index contributed by atoms with van der Waals surface area (Å²) in [4.78, 5) is 13.3. The molecule has 2 aliphatic carbocycles. The van der Waals surface area contributed by atoms with Gasteiger partial charge < -0.3 is 5.32 Å². The summed E-state index contributed by atoms with van der Waals surface area (Å²) in [7, 11) is -3.48. The zero-order chi connectivity index (χ0) is 23.7. The number of amides is 1. The van der Waals surface area contributed by atoms with E-state index in [0.29, 0.717) is 23.4 Å². The highest BCUT2D eigenvalue weighted by Gasteiger charge is 2.39. The third-order valence-corrected chi connectivity index (χ3v) is 9.44. The number of carbonyl (C=O) groups is 1. The van der Waals surface area contributed by atoms with E-state index in [1.165, 1.54) is 11.1 Å². The van der Waals surface area contributed by atoms with Crippen LogP contribution >= 0.6 is 11.6 Å². The van der Waals surface area contributed by atoms with Crippen LogP contribution in [0.25, 0.3) is 0 Å². The van der Waals surface area contributed by atoms with E-state index in [2.05, 4.69) is 27.5 Å². The average molecular weight is 502 g/mol. The Hall–Kier alpha value is -1.93. The van der Waals surface area contributed by atoms with Gasteiger partial charge in [-0.2, -0.15) is 0 Å². The third kappa shape index (κ3) is 5.18. The van der Waals surface area contributed by atoms with Gasteiger partial charge >= 0.3 is 0 Å². The smallest absolute Gasteiger partial charge is 0.240 e. The SMILES string of the molecule is O=C(NC1CC2c3ccc(Cl)cc3CCC2N1)C1CCC(CNS(=O)(=O)c2ccccc2)CC1. The molecule has 1 saturated carbocycles. The van der Waals surface area contributed by atoms with Gasteiger partial charge in [0.05, 0.1) is 11.1 Å². The summed E-state index contributed by atoms with van der Waals surface area (Å²) < 4.78 is 27.6. The minimum Gasteiger partial charge on any atom is -0.341 e. The second-order valence-corrected chi connectivity index (χ2v) is 12.1. The van der Waals surface area contributed by atoms with Gasteiger partial charge in [-0.15, -0.1) is 0 Å². The van der Waals surface area contributed by atoms with Crippen molar-refractivity contribution >= 4 is 27.5 Å². The Kier molecular flexibility index (Phi) is 6.98. The number of benzene rings is 2. The van der Waals surface area contributed by atoms with Gasteiger partial charge in [-0.25, -0.2) is 13.1 Å². The van der Waals surface area contributed by atoms with E-state index in [1.807, 2.05) is 6.07 Å². The third-order valence-electron chi connectivity index (χ3n) is 7.77. The fourth-order valence-corrected chi connectivity index (χ4v) is 7.21. The van der Waals surface area contributed by atoms with Gasteiger partial charge in [0, 0.05) is 29.4 Å². The Morgan fingerprint density at radius 3 is 2.56 bits per heavy atom. The van der Waals surface area contributed by atoms with E-state index >= 15 is 0 Å². The molecule has 34 heavy (non-hydrogen) atoms. The summed E-state index contributed by atoms with van der Waals surface area (Å²) in [5.74, 6) is 0.798. The lowest BCUT2D eigenvalue weighted by Gasteiger charge is -2.29. The first kappa shape index (κ1) is 23.8. The fourth-order valence-electron chi connectivity index (χ4n) is 5.88. The molecule has 8 heteroatoms. The van der Waals surface area contributed by atoms with Crippen LogP contribution < -0.4 is 15.4 Å². The van der Waals surface area contributed by atoms with E-state index in [4.69, 9.17) is 11.6 Å². The van der Waals surface area contributed by atoms with Crippen molar-refractivity contribution in [1.29, 1.82) is 0 Å². The summed E-state index contributed by atoms with van der Waals surface area (Å²) in [5.41, 5.74) is 2.70. The van der Waals surface area contributed by atoms with Crippen molar-refractivity contribution in [1.82, 2.24) is 15.4 Å². The molecule has 3 aliphatic rings. The lowest BCUT2D eigenvalue weighted by atomic mass is 9.79. The summed E-state index contributed by atoms with van der Waals surface area (Å²) in [6, 6.07) is 15.0. The number of fused-ring (bicyclic) bond motifs is 3. The van der Waals surface area contributed by atoms with E-state index in [9.17, 15) is 13.2 Å². The Morgan fingerprint density at radius 2 is 1.79 bits per heavy atom. The predicted octanol–water partition coefficient (Wildman–Crippen LogP) is 3.96. The predicted molar refractivity (Wildman–Crippen MR) is 133 cm³/mol. The molecule has 182 valence electrons. The van der Waals surface area contributed by atoms with Crippen LogP contribution in [0.5, 0.6) is 0 Å². The molecule has 3 atom stereocenters. The number of halogens is 1. The van der Waals surface area contributed by atoms with Crippen molar-refractivity contribution in [2.24, 2.45) is 11.8 Å². The zero-order valence-electron chi connectivity index (χ0n) is 19.2. The molecule has 0 spiro atoms. The van der Waals surface area contributed by atoms with Crippen LogP contribution in [0.15, 0.2) is 53.4 Å². The molecule has 3 unspecified atom stereocenters. The fraction of sp³-hybridized carbons (Fsp3) is 0.500. The molecule has 1 saturated heterocycles. The maximum atomic E-state index is 13.0. The van der Waals surface area contributed by atoms with Crippen molar-refractivity contribution in [2.45, 2.75) is 68.0 Å². The van der Waals surface area contributed by atoms with Crippen molar-refractivity contribution in [3.05, 3.63) is 64.7 Å². The lowest BCUT2D eigenvalue weighted by molar-refractivity contribution is -0.127. The molecule has 3 N–H and O–H groups in total. The molecule has 2 aromatic rings. The van der Waals surface area contributed by atoms with Crippen molar-refractivity contribution in [3.8, 4) is 0 Å². The van der Waals surface area contributed by atoms with Crippen LogP contribution in [-0.2, 0) is 21.2 Å². The highest BCUT2D eigenvalue weighted by Crippen LogP contribution is 2.40. The minimum atomic E-state index is -3.48. The molecular formula is C26H32ClN3O3S. The summed E-state index contributed by atoms with van der Waals surface area (Å²) in [5, 5.41) is 7.68. The normalized spacial score (nSPS) is 28.7. The number of carbonyl (C=O) groups excluding carboxylic acids is 1. The van der Waals surface area contributed by atoms with Gasteiger partial charge in [-0.1, -0.05) is 35.9 Å². The van der Waals surface area contributed by atoms with Crippen LogP contribution in [-0.4, -0.2) is 33.1 Å². The largest absolute Gasteiger partial charge is 0.341 e. The first-order valence-electron chi connectivity index (χ1n) is 12.3. The zero-order valence-corrected chi connectivity index (χ0v) is 20.7. The first-order chi connectivity index (χ1) is 16.4. The summed E-state index contributed by atoms with van der Waals surface area (Å²) >= 11 is 6.18. The van der Waals surface area contributed by atoms with Crippen molar-refractivity contribution < 1.29 is 13.2 Å². The van der Waals surface area contributed by atoms with Gasteiger partial charge in [0.1, 0.15) is 0 Å². The van der Waals surface area contributed by atoms with Crippen LogP contribution in [0.4, 0.5) is 0 Å². The van der Waals surface area contributed by atoms with Gasteiger partial charge in [0.2, 0.25) is 15.9 Å². The average Bonchev–Trinajstić information content (AvgIpc) is 3.26. The van der Waals surface area contributed by atoms with Gasteiger partial charge in [-0.3, -0.25) is 10.1 Å². The Labute approximate surface area is 206 Å². The molecule has 5 rings (SSSR count). The topological polar surface area (TPSA) is 87.3 Å². The van der Waals surface area contributed by atoms with Gasteiger partial charge in [-0.05, 0) is 86.3 Å². The van der Waals surface area contributed by atoms with E-state index < -0.39 is 10.0 Å². The second kappa shape index (κ2) is 9.97. The van der Waals surface area contributed by atoms with Crippen LogP contribution in [0.1, 0.15) is 55.6 Å². The maximum absolute atomic E-state index is 13.0. The number of rotatable bonds is 6. The Bertz CT molecular complexity index is 1130. The van der Waals surface area contributed by atoms with Crippen molar-refractivity contribution in [3.63, 3.8) is 0 Å². The van der Waals surface area contributed by atoms with E-state index in [0.717, 1.165) is 50.0 Å². The van der Waals surface area contributed by atoms with Gasteiger partial charge in [0.25, 0.3) is 0 Å². The molecule has 2 fully saturated rings. The molecule has 1 aliphatic heterocycles. The minimum absolute atomic E-state index is 0.000432. The quantitative estimate of drug-likeness (QED) is 0.559. The Balaban J connectivity index is 1.09. The number of nitrogens with one attached hydrogen (secondary N) is 3. The number of hydrogen-bond donors (Lipinski definition) is 3. The van der Waals surface area contributed by atoms with E-state index in [-0.39, 0.29) is 23.9 Å². The monoisotopic (exact) mass is 501 g/mol. The van der Waals surface area contributed by atoms with Crippen molar-refractivity contribution in [2.75, 3.05) is 6.54 Å². The molecular weight excluding hydrogens is 470 g/mol. The summed E-state index contributed by atoms with van der Waals surface area (Å²) in [6.07, 6.45) is 6.28. The molecule has 0 aromatic heterocycles. The van der Waals surface area contributed by atoms with Crippen LogP contribution in [0.3, 0.4) is 0 Å². The highest BCUT2D eigenvalue weighted by atomic mass is 35.5. The number of aryl methyl sites for hydroxylation is 1. The van der Waals surface area contributed by atoms with E-state index in [1.54, 1.807) is 30.3 Å². The highest BCUT2D eigenvalue weighted by molar-refractivity contribution is 7.89. The molecule has 0 radical (unpaired) electrons. The van der Waals surface area contributed by atoms with Crippen LogP contribution in [0.2, 0.25) is 5.02 Å². The molecule has 1 heterocycles. The lowest BCUT2D eigenvalue weighted by Crippen LogP contribution is -2.47. The molecule has 0 bridgehead atoms. The number of sulfonamides is 1. The number of hydrogen-bond acceptors (Lipinski definition) is 4. The van der Waals surface area contributed by atoms with Crippen LogP contribution in [0, 0.1) is 11.8 Å². The molecule has 2 aromatic carbocycles.